The number of hydrogen-bond acceptors (Lipinski definition) is 5. The largest absolute Gasteiger partial charge is 0.490 e. The van der Waals surface area contributed by atoms with Gasteiger partial charge in [0, 0.05) is 6.54 Å². The van der Waals surface area contributed by atoms with E-state index >= 15 is 0 Å². The average molecular weight is 436 g/mol. The topological polar surface area (TPSA) is 69.0 Å². The van der Waals surface area contributed by atoms with Gasteiger partial charge in [0.15, 0.2) is 16.9 Å². The summed E-state index contributed by atoms with van der Waals surface area (Å²) in [5, 5.41) is 0.493. The van der Waals surface area contributed by atoms with E-state index < -0.39 is 6.04 Å². The molecule has 0 unspecified atom stereocenters. The molecule has 0 N–H and O–H groups in total. The van der Waals surface area contributed by atoms with Gasteiger partial charge in [-0.15, -0.1) is 0 Å². The number of nitrogens with zero attached hydrogens (tertiary/aromatic N) is 1. The highest BCUT2D eigenvalue weighted by molar-refractivity contribution is 5.99. The second-order valence-corrected chi connectivity index (χ2v) is 8.06. The van der Waals surface area contributed by atoms with E-state index in [-0.39, 0.29) is 17.1 Å². The Balaban J connectivity index is 1.91. The molecule has 168 valence electrons. The standard InChI is InChI=1S/C26H29NO5/c1-5-12-27-23(17-9-11-20(31-13-6-2)21(15-17)30-7-3)22-24(28)18-14-16(4)8-10-19(18)32-25(22)26(27)29/h8-11,14-15,23H,5-7,12-13H2,1-4H3/t23-/m1/s1. The van der Waals surface area contributed by atoms with Crippen molar-refractivity contribution in [3.63, 3.8) is 0 Å². The van der Waals surface area contributed by atoms with Crippen molar-refractivity contribution in [3.05, 3.63) is 69.1 Å². The number of benzene rings is 2. The van der Waals surface area contributed by atoms with Gasteiger partial charge >= 0.3 is 0 Å². The molecule has 0 spiro atoms. The predicted molar refractivity (Wildman–Crippen MR) is 124 cm³/mol. The Morgan fingerprint density at radius 1 is 0.969 bits per heavy atom. The van der Waals surface area contributed by atoms with Crippen LogP contribution < -0.4 is 14.9 Å². The molecule has 6 nitrogen and oxygen atoms in total. The molecule has 1 amide bonds. The average Bonchev–Trinajstić information content (AvgIpc) is 3.06. The predicted octanol–water partition coefficient (Wildman–Crippen LogP) is 5.24. The summed E-state index contributed by atoms with van der Waals surface area (Å²) in [5.74, 6) is 1.15. The van der Waals surface area contributed by atoms with Gasteiger partial charge in [-0.1, -0.05) is 31.5 Å². The lowest BCUT2D eigenvalue weighted by atomic mass is 9.97. The fourth-order valence-electron chi connectivity index (χ4n) is 4.25. The Labute approximate surface area is 187 Å². The van der Waals surface area contributed by atoms with E-state index in [4.69, 9.17) is 13.9 Å². The van der Waals surface area contributed by atoms with Crippen molar-refractivity contribution in [1.82, 2.24) is 4.90 Å². The third-order valence-electron chi connectivity index (χ3n) is 5.63. The molecule has 0 fully saturated rings. The number of aryl methyl sites for hydroxylation is 1. The first-order chi connectivity index (χ1) is 15.5. The first-order valence-electron chi connectivity index (χ1n) is 11.3. The van der Waals surface area contributed by atoms with E-state index in [0.29, 0.717) is 47.8 Å². The summed E-state index contributed by atoms with van der Waals surface area (Å²) in [4.78, 5) is 28.6. The van der Waals surface area contributed by atoms with E-state index in [1.807, 2.05) is 58.0 Å². The molecule has 2 aromatic carbocycles. The van der Waals surface area contributed by atoms with Crippen molar-refractivity contribution in [2.45, 2.75) is 46.6 Å². The molecular formula is C26H29NO5. The van der Waals surface area contributed by atoms with Gasteiger partial charge < -0.3 is 18.8 Å². The lowest BCUT2D eigenvalue weighted by molar-refractivity contribution is 0.0728. The van der Waals surface area contributed by atoms with Crippen LogP contribution in [0.3, 0.4) is 0 Å². The van der Waals surface area contributed by atoms with E-state index in [1.165, 1.54) is 0 Å². The van der Waals surface area contributed by atoms with Gasteiger partial charge in [-0.05, 0) is 56.5 Å². The zero-order valence-corrected chi connectivity index (χ0v) is 19.1. The van der Waals surface area contributed by atoms with Gasteiger partial charge in [0.1, 0.15) is 5.58 Å². The molecule has 0 saturated heterocycles. The van der Waals surface area contributed by atoms with Gasteiger partial charge in [-0.25, -0.2) is 0 Å². The van der Waals surface area contributed by atoms with Gasteiger partial charge in [-0.2, -0.15) is 0 Å². The lowest BCUT2D eigenvalue weighted by Gasteiger charge is -2.25. The van der Waals surface area contributed by atoms with Crippen LogP contribution >= 0.6 is 0 Å². The Kier molecular flexibility index (Phi) is 6.21. The third kappa shape index (κ3) is 3.74. The fraction of sp³-hybridized carbons (Fsp3) is 0.385. The molecule has 2 heterocycles. The summed E-state index contributed by atoms with van der Waals surface area (Å²) in [6.45, 7) is 9.48. The van der Waals surface area contributed by atoms with Crippen LogP contribution in [0.4, 0.5) is 0 Å². The summed E-state index contributed by atoms with van der Waals surface area (Å²) in [7, 11) is 0. The minimum absolute atomic E-state index is 0.133. The van der Waals surface area contributed by atoms with E-state index in [2.05, 4.69) is 0 Å². The molecule has 0 bridgehead atoms. The minimum Gasteiger partial charge on any atom is -0.490 e. The maximum Gasteiger partial charge on any atom is 0.290 e. The molecular weight excluding hydrogens is 406 g/mol. The number of fused-ring (bicyclic) bond motifs is 2. The van der Waals surface area contributed by atoms with Crippen molar-refractivity contribution in [1.29, 1.82) is 0 Å². The van der Waals surface area contributed by atoms with Crippen molar-refractivity contribution in [2.24, 2.45) is 0 Å². The first kappa shape index (κ1) is 21.9. The summed E-state index contributed by atoms with van der Waals surface area (Å²) >= 11 is 0. The smallest absolute Gasteiger partial charge is 0.290 e. The molecule has 1 atom stereocenters. The Hall–Kier alpha value is -3.28. The summed E-state index contributed by atoms with van der Waals surface area (Å²) in [5.41, 5.74) is 2.43. The Bertz CT molecular complexity index is 1210. The first-order valence-corrected chi connectivity index (χ1v) is 11.3. The number of amides is 1. The monoisotopic (exact) mass is 435 g/mol. The molecule has 0 aliphatic carbocycles. The molecule has 4 rings (SSSR count). The van der Waals surface area contributed by atoms with Crippen molar-refractivity contribution in [3.8, 4) is 11.5 Å². The highest BCUT2D eigenvalue weighted by atomic mass is 16.5. The molecule has 3 aromatic rings. The maximum atomic E-state index is 13.6. The maximum absolute atomic E-state index is 13.6. The molecule has 1 aliphatic rings. The minimum atomic E-state index is -0.530. The highest BCUT2D eigenvalue weighted by Gasteiger charge is 2.42. The van der Waals surface area contributed by atoms with E-state index in [0.717, 1.165) is 24.0 Å². The zero-order chi connectivity index (χ0) is 22.8. The normalized spacial score (nSPS) is 15.3. The molecule has 1 aliphatic heterocycles. The Morgan fingerprint density at radius 2 is 1.78 bits per heavy atom. The SMILES string of the molecule is CCCOc1ccc([C@@H]2c3c(oc4ccc(C)cc4c3=O)C(=O)N2CCC)cc1OCC. The quantitative estimate of drug-likeness (QED) is 0.484. The van der Waals surface area contributed by atoms with Crippen LogP contribution in [0.5, 0.6) is 11.5 Å². The van der Waals surface area contributed by atoms with Gasteiger partial charge in [0.05, 0.1) is 30.2 Å². The van der Waals surface area contributed by atoms with Gasteiger partial charge in [-0.3, -0.25) is 9.59 Å². The fourth-order valence-corrected chi connectivity index (χ4v) is 4.25. The molecule has 0 radical (unpaired) electrons. The van der Waals surface area contributed by atoms with Crippen molar-refractivity contribution >= 4 is 16.9 Å². The van der Waals surface area contributed by atoms with Crippen LogP contribution in [0.25, 0.3) is 11.0 Å². The van der Waals surface area contributed by atoms with Crippen LogP contribution in [0.2, 0.25) is 0 Å². The third-order valence-corrected chi connectivity index (χ3v) is 5.63. The van der Waals surface area contributed by atoms with Gasteiger partial charge in [0.2, 0.25) is 5.76 Å². The zero-order valence-electron chi connectivity index (χ0n) is 19.1. The molecule has 0 saturated carbocycles. The van der Waals surface area contributed by atoms with Gasteiger partial charge in [0.25, 0.3) is 5.91 Å². The Morgan fingerprint density at radius 3 is 2.50 bits per heavy atom. The number of carbonyl (C=O) groups is 1. The summed E-state index contributed by atoms with van der Waals surface area (Å²) < 4.78 is 17.6. The second-order valence-electron chi connectivity index (χ2n) is 8.06. The molecule has 6 heteroatoms. The molecule has 32 heavy (non-hydrogen) atoms. The van der Waals surface area contributed by atoms with Crippen LogP contribution in [-0.2, 0) is 0 Å². The van der Waals surface area contributed by atoms with Crippen LogP contribution in [-0.4, -0.2) is 30.6 Å². The van der Waals surface area contributed by atoms with E-state index in [1.54, 1.807) is 11.0 Å². The van der Waals surface area contributed by atoms with E-state index in [9.17, 15) is 9.59 Å². The van der Waals surface area contributed by atoms with Crippen molar-refractivity contribution < 1.29 is 18.7 Å². The van der Waals surface area contributed by atoms with Crippen molar-refractivity contribution in [2.75, 3.05) is 19.8 Å². The molecule has 1 aromatic heterocycles. The van der Waals surface area contributed by atoms with Crippen LogP contribution in [0.15, 0.2) is 45.6 Å². The second kappa shape index (κ2) is 9.07. The summed E-state index contributed by atoms with van der Waals surface area (Å²) in [6.07, 6.45) is 1.65. The number of carbonyl (C=O) groups excluding carboxylic acids is 1. The number of rotatable bonds is 8. The highest BCUT2D eigenvalue weighted by Crippen LogP contribution is 2.41. The van der Waals surface area contributed by atoms with Crippen LogP contribution in [0.1, 0.15) is 66.9 Å². The summed E-state index contributed by atoms with van der Waals surface area (Å²) in [6, 6.07) is 10.6. The number of hydrogen-bond donors (Lipinski definition) is 0. The lowest BCUT2D eigenvalue weighted by Crippen LogP contribution is -2.30. The number of ether oxygens (including phenoxy) is 2. The van der Waals surface area contributed by atoms with Crippen LogP contribution in [0, 0.1) is 6.92 Å².